The predicted octanol–water partition coefficient (Wildman–Crippen LogP) is 4.47. The zero-order chi connectivity index (χ0) is 19.3. The first kappa shape index (κ1) is 19.6. The first-order chi connectivity index (χ1) is 12.3. The van der Waals surface area contributed by atoms with Crippen LogP contribution in [0.15, 0.2) is 42.5 Å². The Hall–Kier alpha value is -2.76. The molecule has 0 saturated carbocycles. The van der Waals surface area contributed by atoms with Gasteiger partial charge in [0.05, 0.1) is 0 Å². The fourth-order valence-electron chi connectivity index (χ4n) is 2.51. The molecule has 0 spiro atoms. The normalized spacial score (nSPS) is 10.7. The summed E-state index contributed by atoms with van der Waals surface area (Å²) in [5.41, 5.74) is 2.05. The summed E-state index contributed by atoms with van der Waals surface area (Å²) < 4.78 is 26.4. The summed E-state index contributed by atoms with van der Waals surface area (Å²) in [6.07, 6.45) is 0.0322. The van der Waals surface area contributed by atoms with E-state index in [4.69, 9.17) is 0 Å². The number of nitrogens with zero attached hydrogens (tertiary/aromatic N) is 1. The first-order valence-corrected chi connectivity index (χ1v) is 8.41. The number of hydrogen-bond acceptors (Lipinski definition) is 2. The molecule has 6 heteroatoms. The fourth-order valence-corrected chi connectivity index (χ4v) is 2.51. The van der Waals surface area contributed by atoms with Gasteiger partial charge in [0, 0.05) is 37.3 Å². The molecule has 26 heavy (non-hydrogen) atoms. The largest absolute Gasteiger partial charge is 0.326 e. The van der Waals surface area contributed by atoms with Crippen LogP contribution in [-0.2, 0) is 9.59 Å². The average molecular weight is 360 g/mol. The molecule has 0 unspecified atom stereocenters. The molecule has 0 aliphatic rings. The summed E-state index contributed by atoms with van der Waals surface area (Å²) in [5, 5.41) is 2.76. The zero-order valence-electron chi connectivity index (χ0n) is 15.1. The van der Waals surface area contributed by atoms with Crippen LogP contribution in [0.25, 0.3) is 0 Å². The van der Waals surface area contributed by atoms with Crippen molar-refractivity contribution in [2.45, 2.75) is 33.1 Å². The lowest BCUT2D eigenvalue weighted by Crippen LogP contribution is -2.32. The summed E-state index contributed by atoms with van der Waals surface area (Å²) in [5.74, 6) is -2.25. The Morgan fingerprint density at radius 1 is 1.04 bits per heavy atom. The van der Waals surface area contributed by atoms with E-state index in [1.807, 2.05) is 24.3 Å². The number of halogens is 2. The third kappa shape index (κ3) is 5.12. The van der Waals surface area contributed by atoms with Crippen molar-refractivity contribution in [1.82, 2.24) is 0 Å². The van der Waals surface area contributed by atoms with E-state index in [1.54, 1.807) is 0 Å². The molecular weight excluding hydrogens is 338 g/mol. The van der Waals surface area contributed by atoms with Crippen molar-refractivity contribution < 1.29 is 18.4 Å². The number of anilines is 2. The fraction of sp³-hybridized carbons (Fsp3) is 0.300. The predicted molar refractivity (Wildman–Crippen MR) is 98.2 cm³/mol. The lowest BCUT2D eigenvalue weighted by atomic mass is 10.0. The molecule has 0 aromatic heterocycles. The highest BCUT2D eigenvalue weighted by Crippen LogP contribution is 2.19. The molecule has 0 aliphatic heterocycles. The highest BCUT2D eigenvalue weighted by atomic mass is 19.2. The van der Waals surface area contributed by atoms with Gasteiger partial charge in [-0.05, 0) is 35.7 Å². The van der Waals surface area contributed by atoms with Gasteiger partial charge < -0.3 is 10.2 Å². The van der Waals surface area contributed by atoms with Crippen LogP contribution in [0.1, 0.15) is 38.7 Å². The molecule has 0 fully saturated rings. The van der Waals surface area contributed by atoms with Crippen molar-refractivity contribution in [1.29, 1.82) is 0 Å². The minimum Gasteiger partial charge on any atom is -0.326 e. The van der Waals surface area contributed by atoms with Gasteiger partial charge in [0.15, 0.2) is 11.6 Å². The summed E-state index contributed by atoms with van der Waals surface area (Å²) in [4.78, 5) is 25.2. The molecule has 0 heterocycles. The second-order valence-corrected chi connectivity index (χ2v) is 6.34. The van der Waals surface area contributed by atoms with Gasteiger partial charge in [0.2, 0.25) is 11.8 Å². The van der Waals surface area contributed by atoms with E-state index in [0.29, 0.717) is 11.6 Å². The molecule has 0 saturated heterocycles. The highest BCUT2D eigenvalue weighted by Gasteiger charge is 2.15. The number of nitrogens with one attached hydrogen (secondary N) is 1. The molecule has 0 atom stereocenters. The number of benzene rings is 2. The Morgan fingerprint density at radius 2 is 1.69 bits per heavy atom. The molecule has 4 nitrogen and oxygen atoms in total. The lowest BCUT2D eigenvalue weighted by molar-refractivity contribution is -0.117. The van der Waals surface area contributed by atoms with Gasteiger partial charge >= 0.3 is 0 Å². The van der Waals surface area contributed by atoms with E-state index in [-0.39, 0.29) is 30.5 Å². The molecule has 2 rings (SSSR count). The third-order valence-electron chi connectivity index (χ3n) is 4.02. The van der Waals surface area contributed by atoms with E-state index >= 15 is 0 Å². The van der Waals surface area contributed by atoms with Crippen LogP contribution < -0.4 is 10.2 Å². The van der Waals surface area contributed by atoms with Crippen LogP contribution in [0.2, 0.25) is 0 Å². The minimum atomic E-state index is -1.04. The quantitative estimate of drug-likeness (QED) is 0.826. The smallest absolute Gasteiger partial charge is 0.226 e. The molecule has 0 radical (unpaired) electrons. The van der Waals surface area contributed by atoms with E-state index in [0.717, 1.165) is 12.1 Å². The first-order valence-electron chi connectivity index (χ1n) is 8.41. The van der Waals surface area contributed by atoms with Crippen LogP contribution >= 0.6 is 0 Å². The molecule has 1 N–H and O–H groups in total. The molecule has 0 aliphatic carbocycles. The van der Waals surface area contributed by atoms with Crippen molar-refractivity contribution in [3.05, 3.63) is 59.7 Å². The molecule has 2 aromatic rings. The van der Waals surface area contributed by atoms with Gasteiger partial charge in [-0.15, -0.1) is 0 Å². The van der Waals surface area contributed by atoms with Crippen molar-refractivity contribution in [2.75, 3.05) is 16.8 Å². The number of amides is 2. The highest BCUT2D eigenvalue weighted by molar-refractivity contribution is 5.94. The van der Waals surface area contributed by atoms with Crippen LogP contribution in [-0.4, -0.2) is 18.4 Å². The van der Waals surface area contributed by atoms with Crippen molar-refractivity contribution in [3.63, 3.8) is 0 Å². The van der Waals surface area contributed by atoms with Gasteiger partial charge in [-0.25, -0.2) is 8.78 Å². The monoisotopic (exact) mass is 360 g/mol. The van der Waals surface area contributed by atoms with Gasteiger partial charge in [-0.3, -0.25) is 9.59 Å². The second-order valence-electron chi connectivity index (χ2n) is 6.34. The van der Waals surface area contributed by atoms with E-state index in [1.165, 1.54) is 23.5 Å². The number of rotatable bonds is 6. The molecule has 0 bridgehead atoms. The Balaban J connectivity index is 1.98. The molecule has 2 amide bonds. The summed E-state index contributed by atoms with van der Waals surface area (Å²) in [6, 6.07) is 10.8. The van der Waals surface area contributed by atoms with E-state index < -0.39 is 11.6 Å². The molecule has 138 valence electrons. The van der Waals surface area contributed by atoms with Crippen molar-refractivity contribution in [3.8, 4) is 0 Å². The summed E-state index contributed by atoms with van der Waals surface area (Å²) in [6.45, 7) is 5.55. The van der Waals surface area contributed by atoms with Gasteiger partial charge in [-0.1, -0.05) is 26.0 Å². The van der Waals surface area contributed by atoms with Crippen LogP contribution in [0.3, 0.4) is 0 Å². The Labute approximate surface area is 151 Å². The van der Waals surface area contributed by atoms with Gasteiger partial charge in [-0.2, -0.15) is 0 Å². The van der Waals surface area contributed by atoms with E-state index in [2.05, 4.69) is 19.2 Å². The standard InChI is InChI=1S/C20H22F2N2O2/c1-13(2)15-4-6-16(7-5-15)23-20(26)10-11-24(14(3)25)17-8-9-18(21)19(22)12-17/h4-9,12-13H,10-11H2,1-3H3,(H,23,26). The Bertz CT molecular complexity index is 789. The third-order valence-corrected chi connectivity index (χ3v) is 4.02. The number of carbonyl (C=O) groups excluding carboxylic acids is 2. The Kier molecular flexibility index (Phi) is 6.44. The van der Waals surface area contributed by atoms with Gasteiger partial charge in [0.25, 0.3) is 0 Å². The lowest BCUT2D eigenvalue weighted by Gasteiger charge is -2.21. The Morgan fingerprint density at radius 3 is 2.23 bits per heavy atom. The van der Waals surface area contributed by atoms with Crippen LogP contribution in [0.5, 0.6) is 0 Å². The number of hydrogen-bond donors (Lipinski definition) is 1. The average Bonchev–Trinajstić information content (AvgIpc) is 2.58. The maximum Gasteiger partial charge on any atom is 0.226 e. The zero-order valence-corrected chi connectivity index (χ0v) is 15.1. The maximum atomic E-state index is 13.4. The minimum absolute atomic E-state index is 0.0322. The van der Waals surface area contributed by atoms with Crippen molar-refractivity contribution >= 4 is 23.2 Å². The SMILES string of the molecule is CC(=O)N(CCC(=O)Nc1ccc(C(C)C)cc1)c1ccc(F)c(F)c1. The van der Waals surface area contributed by atoms with Crippen molar-refractivity contribution in [2.24, 2.45) is 0 Å². The summed E-state index contributed by atoms with van der Waals surface area (Å²) in [7, 11) is 0. The summed E-state index contributed by atoms with van der Waals surface area (Å²) >= 11 is 0. The maximum absolute atomic E-state index is 13.4. The number of carbonyl (C=O) groups is 2. The molecule has 2 aromatic carbocycles. The van der Waals surface area contributed by atoms with E-state index in [9.17, 15) is 18.4 Å². The van der Waals surface area contributed by atoms with Crippen LogP contribution in [0.4, 0.5) is 20.2 Å². The molecular formula is C20H22F2N2O2. The van der Waals surface area contributed by atoms with Crippen LogP contribution in [0, 0.1) is 11.6 Å². The second kappa shape index (κ2) is 8.56. The topological polar surface area (TPSA) is 49.4 Å². The van der Waals surface area contributed by atoms with Gasteiger partial charge in [0.1, 0.15) is 0 Å².